The van der Waals surface area contributed by atoms with Gasteiger partial charge in [0.2, 0.25) is 11.8 Å². The zero-order chi connectivity index (χ0) is 19.2. The van der Waals surface area contributed by atoms with Crippen LogP contribution in [-0.2, 0) is 16.1 Å². The number of nitrogens with one attached hydrogen (secondary N) is 2. The lowest BCUT2D eigenvalue weighted by molar-refractivity contribution is -0.120. The molecule has 0 aromatic heterocycles. The molecule has 0 atom stereocenters. The topological polar surface area (TPSA) is 78.5 Å². The summed E-state index contributed by atoms with van der Waals surface area (Å²) in [5, 5.41) is 5.41. The zero-order valence-electron chi connectivity index (χ0n) is 14.7. The molecule has 1 fully saturated rings. The molecule has 0 radical (unpaired) electrons. The van der Waals surface area contributed by atoms with Crippen molar-refractivity contribution in [3.05, 3.63) is 63.2 Å². The van der Waals surface area contributed by atoms with Gasteiger partial charge < -0.3 is 15.5 Å². The van der Waals surface area contributed by atoms with Crippen molar-refractivity contribution in [1.29, 1.82) is 0 Å². The van der Waals surface area contributed by atoms with E-state index in [-0.39, 0.29) is 24.3 Å². The molecule has 0 unspecified atom stereocenters. The normalized spacial score (nSPS) is 13.5. The predicted molar refractivity (Wildman–Crippen MR) is 111 cm³/mol. The summed E-state index contributed by atoms with van der Waals surface area (Å²) < 4.78 is 0.838. The molecule has 1 aliphatic rings. The second-order valence-corrected chi connectivity index (χ2v) is 7.42. The van der Waals surface area contributed by atoms with E-state index >= 15 is 0 Å². The van der Waals surface area contributed by atoms with E-state index in [0.717, 1.165) is 27.8 Å². The molecule has 1 saturated heterocycles. The number of halogens is 1. The van der Waals surface area contributed by atoms with Gasteiger partial charge in [-0.1, -0.05) is 24.3 Å². The van der Waals surface area contributed by atoms with Crippen molar-refractivity contribution in [3.63, 3.8) is 0 Å². The first-order valence-corrected chi connectivity index (χ1v) is 9.81. The van der Waals surface area contributed by atoms with E-state index in [0.29, 0.717) is 18.5 Å². The maximum Gasteiger partial charge on any atom is 0.252 e. The van der Waals surface area contributed by atoms with Crippen LogP contribution in [0.25, 0.3) is 0 Å². The third kappa shape index (κ3) is 5.06. The Balaban J connectivity index is 1.46. The van der Waals surface area contributed by atoms with Crippen LogP contribution in [0.3, 0.4) is 0 Å². The van der Waals surface area contributed by atoms with Gasteiger partial charge in [0.15, 0.2) is 0 Å². The highest BCUT2D eigenvalue weighted by Crippen LogP contribution is 2.21. The van der Waals surface area contributed by atoms with Gasteiger partial charge in [-0.15, -0.1) is 0 Å². The van der Waals surface area contributed by atoms with Crippen molar-refractivity contribution in [2.45, 2.75) is 19.4 Å². The number of benzene rings is 2. The Kier molecular flexibility index (Phi) is 6.44. The Morgan fingerprint density at radius 3 is 2.44 bits per heavy atom. The minimum absolute atomic E-state index is 0.0792. The van der Waals surface area contributed by atoms with Gasteiger partial charge in [0.25, 0.3) is 5.91 Å². The summed E-state index contributed by atoms with van der Waals surface area (Å²) in [5.74, 6) is -0.372. The van der Waals surface area contributed by atoms with Crippen molar-refractivity contribution in [2.75, 3.05) is 18.0 Å². The predicted octanol–water partition coefficient (Wildman–Crippen LogP) is 2.46. The molecule has 3 rings (SSSR count). The molecule has 1 heterocycles. The largest absolute Gasteiger partial charge is 0.350 e. The van der Waals surface area contributed by atoms with Crippen molar-refractivity contribution < 1.29 is 14.4 Å². The van der Waals surface area contributed by atoms with Crippen molar-refractivity contribution >= 4 is 46.0 Å². The lowest BCUT2D eigenvalue weighted by atomic mass is 10.2. The highest BCUT2D eigenvalue weighted by Gasteiger charge is 2.21. The van der Waals surface area contributed by atoms with Crippen LogP contribution in [-0.4, -0.2) is 30.8 Å². The molecular formula is C20H20IN3O3. The third-order valence-electron chi connectivity index (χ3n) is 4.34. The van der Waals surface area contributed by atoms with Crippen molar-refractivity contribution in [1.82, 2.24) is 10.6 Å². The van der Waals surface area contributed by atoms with Crippen LogP contribution < -0.4 is 15.5 Å². The molecule has 0 saturated carbocycles. The summed E-state index contributed by atoms with van der Waals surface area (Å²) in [5.41, 5.74) is 2.37. The van der Waals surface area contributed by atoms with Crippen LogP contribution in [0.4, 0.5) is 5.69 Å². The average molecular weight is 477 g/mol. The smallest absolute Gasteiger partial charge is 0.252 e. The first-order valence-electron chi connectivity index (χ1n) is 8.73. The second kappa shape index (κ2) is 8.98. The van der Waals surface area contributed by atoms with Crippen molar-refractivity contribution in [2.24, 2.45) is 0 Å². The summed E-state index contributed by atoms with van der Waals surface area (Å²) >= 11 is 2.09. The molecule has 0 aliphatic carbocycles. The first kappa shape index (κ1) is 19.3. The van der Waals surface area contributed by atoms with Gasteiger partial charge in [-0.05, 0) is 58.8 Å². The second-order valence-electron chi connectivity index (χ2n) is 6.25. The lowest BCUT2D eigenvalue weighted by Gasteiger charge is -2.16. The zero-order valence-corrected chi connectivity index (χ0v) is 16.9. The molecule has 2 N–H and O–H groups in total. The van der Waals surface area contributed by atoms with E-state index < -0.39 is 0 Å². The van der Waals surface area contributed by atoms with Crippen LogP contribution in [0.5, 0.6) is 0 Å². The summed E-state index contributed by atoms with van der Waals surface area (Å²) in [6.45, 7) is 1.05. The fraction of sp³-hybridized carbons (Fsp3) is 0.250. The number of anilines is 1. The number of amides is 3. The van der Waals surface area contributed by atoms with Gasteiger partial charge >= 0.3 is 0 Å². The summed E-state index contributed by atoms with van der Waals surface area (Å²) in [4.78, 5) is 37.6. The number of carbonyl (C=O) groups is 3. The monoisotopic (exact) mass is 477 g/mol. The maximum absolute atomic E-state index is 12.1. The molecular weight excluding hydrogens is 457 g/mol. The molecule has 6 nitrogen and oxygen atoms in total. The van der Waals surface area contributed by atoms with Crippen LogP contribution in [0.15, 0.2) is 48.5 Å². The quantitative estimate of drug-likeness (QED) is 0.628. The molecule has 27 heavy (non-hydrogen) atoms. The molecule has 7 heteroatoms. The summed E-state index contributed by atoms with van der Waals surface area (Å²) in [7, 11) is 0. The van der Waals surface area contributed by atoms with Gasteiger partial charge in [0, 0.05) is 28.8 Å². The lowest BCUT2D eigenvalue weighted by Crippen LogP contribution is -2.36. The van der Waals surface area contributed by atoms with Crippen LogP contribution in [0, 0.1) is 3.57 Å². The fourth-order valence-corrected chi connectivity index (χ4v) is 3.51. The number of hydrogen-bond acceptors (Lipinski definition) is 3. The highest BCUT2D eigenvalue weighted by molar-refractivity contribution is 14.1. The number of nitrogens with zero attached hydrogens (tertiary/aromatic N) is 1. The van der Waals surface area contributed by atoms with Gasteiger partial charge in [-0.2, -0.15) is 0 Å². The molecule has 1 aliphatic heterocycles. The van der Waals surface area contributed by atoms with Gasteiger partial charge in [-0.3, -0.25) is 14.4 Å². The number of rotatable bonds is 6. The van der Waals surface area contributed by atoms with E-state index in [1.165, 1.54) is 0 Å². The Hall–Kier alpha value is -2.42. The SMILES string of the molecule is O=C(CNC(=O)c1ccccc1I)NCc1ccc(N2CCCC2=O)cc1. The number of carbonyl (C=O) groups excluding carboxylic acids is 3. The van der Waals surface area contributed by atoms with E-state index in [2.05, 4.69) is 33.2 Å². The van der Waals surface area contributed by atoms with E-state index in [4.69, 9.17) is 0 Å². The van der Waals surface area contributed by atoms with Crippen LogP contribution >= 0.6 is 22.6 Å². The summed E-state index contributed by atoms with van der Waals surface area (Å²) in [6.07, 6.45) is 1.50. The van der Waals surface area contributed by atoms with Crippen LogP contribution in [0.1, 0.15) is 28.8 Å². The Bertz CT molecular complexity index is 852. The highest BCUT2D eigenvalue weighted by atomic mass is 127. The Morgan fingerprint density at radius 1 is 1.04 bits per heavy atom. The minimum atomic E-state index is -0.269. The molecule has 0 spiro atoms. The molecule has 2 aromatic carbocycles. The maximum atomic E-state index is 12.1. The van der Waals surface area contributed by atoms with Crippen molar-refractivity contribution in [3.8, 4) is 0 Å². The van der Waals surface area contributed by atoms with Gasteiger partial charge in [0.05, 0.1) is 12.1 Å². The fourth-order valence-electron chi connectivity index (χ4n) is 2.88. The average Bonchev–Trinajstić information content (AvgIpc) is 3.11. The summed E-state index contributed by atoms with van der Waals surface area (Å²) in [6, 6.07) is 14.8. The minimum Gasteiger partial charge on any atom is -0.350 e. The Morgan fingerprint density at radius 2 is 1.78 bits per heavy atom. The standard InChI is InChI=1S/C20H20IN3O3/c21-17-5-2-1-4-16(17)20(27)23-13-18(25)22-12-14-7-9-15(10-8-14)24-11-3-6-19(24)26/h1-2,4-5,7-10H,3,6,11-13H2,(H,22,25)(H,23,27). The first-order chi connectivity index (χ1) is 13.0. The molecule has 140 valence electrons. The van der Waals surface area contributed by atoms with E-state index in [1.807, 2.05) is 36.4 Å². The van der Waals surface area contributed by atoms with Gasteiger partial charge in [0.1, 0.15) is 0 Å². The van der Waals surface area contributed by atoms with Crippen LogP contribution in [0.2, 0.25) is 0 Å². The van der Waals surface area contributed by atoms with E-state index in [9.17, 15) is 14.4 Å². The molecule has 0 bridgehead atoms. The van der Waals surface area contributed by atoms with Gasteiger partial charge in [-0.25, -0.2) is 0 Å². The Labute approximate surface area is 171 Å². The number of hydrogen-bond donors (Lipinski definition) is 2. The molecule has 2 aromatic rings. The molecule has 3 amide bonds. The van der Waals surface area contributed by atoms with E-state index in [1.54, 1.807) is 17.0 Å². The third-order valence-corrected chi connectivity index (χ3v) is 5.28.